The summed E-state index contributed by atoms with van der Waals surface area (Å²) >= 11 is 12.7. The van der Waals surface area contributed by atoms with Crippen LogP contribution in [-0.2, 0) is 6.61 Å². The maximum Gasteiger partial charge on any atom is 0.339 e. The Labute approximate surface area is 253 Å². The lowest BCUT2D eigenvalue weighted by atomic mass is 9.88. The zero-order valence-electron chi connectivity index (χ0n) is 23.3. The minimum atomic E-state index is -1.10. The van der Waals surface area contributed by atoms with Gasteiger partial charge in [0, 0.05) is 44.0 Å². The Bertz CT molecular complexity index is 1800. The van der Waals surface area contributed by atoms with Crippen LogP contribution < -0.4 is 4.74 Å². The Kier molecular flexibility index (Phi) is 7.75. The van der Waals surface area contributed by atoms with Gasteiger partial charge in [0.05, 0.1) is 6.04 Å². The van der Waals surface area contributed by atoms with E-state index in [0.717, 1.165) is 49.0 Å². The van der Waals surface area contributed by atoms with Crippen molar-refractivity contribution in [2.24, 2.45) is 0 Å². The van der Waals surface area contributed by atoms with Crippen LogP contribution in [-0.4, -0.2) is 39.2 Å². The number of hydrogen-bond donors (Lipinski definition) is 2. The van der Waals surface area contributed by atoms with Gasteiger partial charge < -0.3 is 19.4 Å². The number of pyridine rings is 1. The molecule has 1 aliphatic rings. The maximum atomic E-state index is 12.6. The third kappa shape index (κ3) is 5.06. The van der Waals surface area contributed by atoms with Gasteiger partial charge >= 0.3 is 5.97 Å². The molecule has 5 aromatic rings. The summed E-state index contributed by atoms with van der Waals surface area (Å²) in [5.74, 6) is -0.379. The highest BCUT2D eigenvalue weighted by Crippen LogP contribution is 2.48. The van der Waals surface area contributed by atoms with Crippen molar-refractivity contribution >= 4 is 50.9 Å². The largest absolute Gasteiger partial charge is 0.507 e. The van der Waals surface area contributed by atoms with Crippen LogP contribution >= 0.6 is 23.2 Å². The van der Waals surface area contributed by atoms with E-state index in [1.807, 2.05) is 55.5 Å². The second kappa shape index (κ2) is 11.5. The molecule has 1 unspecified atom stereocenters. The molecule has 0 aliphatic carbocycles. The first-order valence-electron chi connectivity index (χ1n) is 13.9. The fourth-order valence-corrected chi connectivity index (χ4v) is 6.55. The van der Waals surface area contributed by atoms with Crippen molar-refractivity contribution in [1.29, 1.82) is 0 Å². The van der Waals surface area contributed by atoms with Crippen LogP contribution in [0, 0.1) is 13.8 Å². The van der Waals surface area contributed by atoms with E-state index in [9.17, 15) is 15.0 Å². The van der Waals surface area contributed by atoms with Crippen molar-refractivity contribution in [1.82, 2.24) is 9.88 Å². The Morgan fingerprint density at radius 1 is 1.05 bits per heavy atom. The first kappa shape index (κ1) is 28.3. The lowest BCUT2D eigenvalue weighted by Crippen LogP contribution is -2.34. The van der Waals surface area contributed by atoms with Gasteiger partial charge in [-0.3, -0.25) is 4.90 Å². The fraction of sp³-hybridized carbons (Fsp3) is 0.273. The predicted octanol–water partition coefficient (Wildman–Crippen LogP) is 8.46. The number of aryl methyl sites for hydroxylation is 1. The zero-order chi connectivity index (χ0) is 29.5. The van der Waals surface area contributed by atoms with Crippen molar-refractivity contribution in [2.75, 3.05) is 13.1 Å². The van der Waals surface area contributed by atoms with Gasteiger partial charge in [0.25, 0.3) is 0 Å². The van der Waals surface area contributed by atoms with Crippen LogP contribution in [0.25, 0.3) is 21.7 Å². The molecular formula is C33H30Cl2N2O5. The van der Waals surface area contributed by atoms with Crippen LogP contribution in [0.5, 0.6) is 11.6 Å². The predicted molar refractivity (Wildman–Crippen MR) is 164 cm³/mol. The van der Waals surface area contributed by atoms with Crippen molar-refractivity contribution in [2.45, 2.75) is 45.8 Å². The number of carboxylic acids is 1. The summed E-state index contributed by atoms with van der Waals surface area (Å²) in [6.45, 7) is 5.29. The highest BCUT2D eigenvalue weighted by molar-refractivity contribution is 6.36. The molecule has 9 heteroatoms. The number of carboxylic acid groups (broad SMARTS) is 1. The van der Waals surface area contributed by atoms with Crippen molar-refractivity contribution in [3.8, 4) is 11.6 Å². The van der Waals surface area contributed by atoms with Crippen molar-refractivity contribution in [3.63, 3.8) is 0 Å². The molecule has 2 N–H and O–H groups in total. The van der Waals surface area contributed by atoms with Gasteiger partial charge in [-0.2, -0.15) is 0 Å². The molecule has 3 aromatic carbocycles. The summed E-state index contributed by atoms with van der Waals surface area (Å²) in [5, 5.41) is 25.0. The van der Waals surface area contributed by atoms with Gasteiger partial charge in [-0.05, 0) is 74.7 Å². The van der Waals surface area contributed by atoms with Gasteiger partial charge in [0.2, 0.25) is 5.88 Å². The van der Waals surface area contributed by atoms with E-state index in [-0.39, 0.29) is 17.9 Å². The lowest BCUT2D eigenvalue weighted by molar-refractivity contribution is 0.0696. The number of fused-ring (bicyclic) bond motifs is 3. The van der Waals surface area contributed by atoms with Crippen LogP contribution in [0.3, 0.4) is 0 Å². The summed E-state index contributed by atoms with van der Waals surface area (Å²) in [7, 11) is 0. The number of carbonyl (C=O) groups is 1. The minimum Gasteiger partial charge on any atom is -0.507 e. The smallest absolute Gasteiger partial charge is 0.339 e. The molecule has 0 amide bonds. The van der Waals surface area contributed by atoms with Gasteiger partial charge in [-0.1, -0.05) is 53.9 Å². The Balaban J connectivity index is 1.51. The van der Waals surface area contributed by atoms with E-state index in [1.54, 1.807) is 13.1 Å². The molecule has 1 atom stereocenters. The summed E-state index contributed by atoms with van der Waals surface area (Å²) in [6.07, 6.45) is 4.77. The number of ether oxygens (including phenoxy) is 1. The topological polar surface area (TPSA) is 96.0 Å². The minimum absolute atomic E-state index is 0.0418. The zero-order valence-corrected chi connectivity index (χ0v) is 24.8. The molecular weight excluding hydrogens is 575 g/mol. The van der Waals surface area contributed by atoms with E-state index >= 15 is 0 Å². The van der Waals surface area contributed by atoms with Gasteiger partial charge in [-0.25, -0.2) is 9.78 Å². The van der Waals surface area contributed by atoms with E-state index < -0.39 is 12.0 Å². The number of piperidine rings is 1. The number of aromatic carboxylic acids is 1. The molecule has 0 bridgehead atoms. The third-order valence-corrected chi connectivity index (χ3v) is 8.87. The van der Waals surface area contributed by atoms with E-state index in [0.29, 0.717) is 49.0 Å². The van der Waals surface area contributed by atoms with E-state index in [2.05, 4.69) is 9.88 Å². The third-order valence-electron chi connectivity index (χ3n) is 8.08. The molecule has 0 saturated carbocycles. The number of phenols is 1. The number of rotatable bonds is 7. The Hall–Kier alpha value is -3.78. The van der Waals surface area contributed by atoms with Crippen LogP contribution in [0.15, 0.2) is 59.1 Å². The van der Waals surface area contributed by atoms with E-state index in [4.69, 9.17) is 32.4 Å². The molecule has 216 valence electrons. The number of halogens is 2. The molecule has 0 spiro atoms. The normalized spacial score (nSPS) is 14.9. The maximum absolute atomic E-state index is 12.6. The molecule has 2 aromatic heterocycles. The van der Waals surface area contributed by atoms with Crippen LogP contribution in [0.1, 0.15) is 63.7 Å². The lowest BCUT2D eigenvalue weighted by Gasteiger charge is -2.36. The van der Waals surface area contributed by atoms with Gasteiger partial charge in [0.1, 0.15) is 29.3 Å². The molecule has 6 rings (SSSR count). The fourth-order valence-electron chi connectivity index (χ4n) is 6.01. The second-order valence-corrected chi connectivity index (χ2v) is 11.6. The number of hydrogen-bond acceptors (Lipinski definition) is 6. The van der Waals surface area contributed by atoms with Crippen molar-refractivity contribution < 1.29 is 24.2 Å². The SMILES string of the molecule is Cc1oc2c(c1C(=O)O)c(C(c1ccnc(OCc3cc(Cl)c(C)c(Cl)c3)c1)N1CCCCC1)c(O)c1ccccc12. The van der Waals surface area contributed by atoms with Crippen LogP contribution in [0.2, 0.25) is 10.0 Å². The second-order valence-electron chi connectivity index (χ2n) is 10.8. The molecule has 1 aliphatic heterocycles. The number of aromatic nitrogens is 1. The molecule has 0 radical (unpaired) electrons. The summed E-state index contributed by atoms with van der Waals surface area (Å²) < 4.78 is 12.2. The monoisotopic (exact) mass is 604 g/mol. The summed E-state index contributed by atoms with van der Waals surface area (Å²) in [4.78, 5) is 19.3. The molecule has 7 nitrogen and oxygen atoms in total. The number of benzene rings is 3. The van der Waals surface area contributed by atoms with Gasteiger partial charge in [0.15, 0.2) is 0 Å². The number of likely N-dealkylation sites (tertiary alicyclic amines) is 1. The van der Waals surface area contributed by atoms with Crippen molar-refractivity contribution in [3.05, 3.63) is 98.4 Å². The first-order chi connectivity index (χ1) is 20.2. The standard InChI is InChI=1S/C33H30Cl2N2O5/c1-18-24(34)14-20(15-25(18)35)17-41-26-16-21(10-11-36-26)30(37-12-6-3-7-13-37)29-28-27(33(39)40)19(2)42-32(28)23-9-5-4-8-22(23)31(29)38/h4-5,8-11,14-16,30,38H,3,6-7,12-13,17H2,1-2H3,(H,39,40). The van der Waals surface area contributed by atoms with Gasteiger partial charge in [-0.15, -0.1) is 0 Å². The van der Waals surface area contributed by atoms with E-state index in [1.165, 1.54) is 0 Å². The highest BCUT2D eigenvalue weighted by Gasteiger charge is 2.34. The Morgan fingerprint density at radius 2 is 1.74 bits per heavy atom. The average Bonchev–Trinajstić information content (AvgIpc) is 3.34. The molecule has 42 heavy (non-hydrogen) atoms. The average molecular weight is 606 g/mol. The molecule has 3 heterocycles. The van der Waals surface area contributed by atoms with Crippen LogP contribution in [0.4, 0.5) is 0 Å². The first-order valence-corrected chi connectivity index (χ1v) is 14.7. The number of aromatic hydroxyl groups is 1. The molecule has 1 saturated heterocycles. The number of furan rings is 1. The number of nitrogens with zero attached hydrogens (tertiary/aromatic N) is 2. The Morgan fingerprint density at radius 3 is 2.43 bits per heavy atom. The molecule has 1 fully saturated rings. The number of phenolic OH excluding ortho intramolecular Hbond substituents is 1. The quantitative estimate of drug-likeness (QED) is 0.192. The highest BCUT2D eigenvalue weighted by atomic mass is 35.5. The summed E-state index contributed by atoms with van der Waals surface area (Å²) in [5.41, 5.74) is 3.46. The summed E-state index contributed by atoms with van der Waals surface area (Å²) in [6, 6.07) is 14.3.